The van der Waals surface area contributed by atoms with E-state index in [1.807, 2.05) is 49.4 Å². The zero-order valence-electron chi connectivity index (χ0n) is 24.8. The normalized spacial score (nSPS) is 9.87. The number of rotatable bonds is 8. The molecule has 0 aliphatic carbocycles. The van der Waals surface area contributed by atoms with E-state index in [1.54, 1.807) is 49.4 Å². The first-order valence-corrected chi connectivity index (χ1v) is 15.1. The molecule has 0 heterocycles. The third-order valence-electron chi connectivity index (χ3n) is 6.31. The van der Waals surface area contributed by atoms with Crippen molar-refractivity contribution in [3.05, 3.63) is 122 Å². The van der Waals surface area contributed by atoms with E-state index in [1.165, 1.54) is 0 Å². The molecule has 12 heteroatoms. The molecule has 10 nitrogen and oxygen atoms in total. The van der Waals surface area contributed by atoms with Crippen LogP contribution in [0.2, 0.25) is 0 Å². The fraction of sp³-hybridized carbons (Fsp3) is 0.152. The van der Waals surface area contributed by atoms with Crippen LogP contribution in [0.1, 0.15) is 37.4 Å². The summed E-state index contributed by atoms with van der Waals surface area (Å²) >= 11 is 6.68. The van der Waals surface area contributed by atoms with Crippen LogP contribution in [0.5, 0.6) is 0 Å². The van der Waals surface area contributed by atoms with Gasteiger partial charge in [-0.2, -0.15) is 0 Å². The average molecular weight is 741 g/mol. The van der Waals surface area contributed by atoms with Crippen molar-refractivity contribution in [2.24, 2.45) is 0 Å². The number of nitrogen functional groups attached to an aromatic ring is 3. The molecule has 4 rings (SSSR count). The minimum Gasteiger partial charge on any atom is -0.480 e. The summed E-state index contributed by atoms with van der Waals surface area (Å²) in [4.78, 5) is 45.9. The quantitative estimate of drug-likeness (QED) is 0.131. The number of para-hydroxylation sites is 3. The molecular formula is C33H35Br2N5O5. The summed E-state index contributed by atoms with van der Waals surface area (Å²) in [6, 6.07) is 25.1. The second-order valence-electron chi connectivity index (χ2n) is 9.63. The Morgan fingerprint density at radius 3 is 1.47 bits per heavy atom. The SMILES string of the molecule is Cc1c(Br)cccc1C(=O)NCC(=O)Cc1ccccc1N.Cc1c(Br)cccc1C(=O)NCC(=O)O.Nc1ccccc1N. The number of Topliss-reactive ketones (excluding diaryl/α,β-unsaturated/α-hetero) is 1. The van der Waals surface area contributed by atoms with Gasteiger partial charge in [-0.1, -0.05) is 74.3 Å². The molecule has 0 unspecified atom stereocenters. The Balaban J connectivity index is 0.000000263. The molecule has 4 aromatic rings. The maximum atomic E-state index is 12.1. The van der Waals surface area contributed by atoms with Gasteiger partial charge in [-0.25, -0.2) is 0 Å². The van der Waals surface area contributed by atoms with E-state index < -0.39 is 5.97 Å². The number of aliphatic carboxylic acids is 1. The zero-order chi connectivity index (χ0) is 33.5. The number of anilines is 3. The Morgan fingerprint density at radius 2 is 1.04 bits per heavy atom. The summed E-state index contributed by atoms with van der Waals surface area (Å²) < 4.78 is 1.69. The number of nitrogens with one attached hydrogen (secondary N) is 2. The van der Waals surface area contributed by atoms with Gasteiger partial charge in [-0.3, -0.25) is 19.2 Å². The molecule has 0 spiro atoms. The molecule has 0 aliphatic heterocycles. The number of ketones is 1. The maximum absolute atomic E-state index is 12.1. The summed E-state index contributed by atoms with van der Waals surface area (Å²) in [5.74, 6) is -1.78. The van der Waals surface area contributed by atoms with Crippen LogP contribution >= 0.6 is 31.9 Å². The van der Waals surface area contributed by atoms with Gasteiger partial charge >= 0.3 is 5.97 Å². The molecule has 9 N–H and O–H groups in total. The lowest BCUT2D eigenvalue weighted by molar-refractivity contribution is -0.135. The second kappa shape index (κ2) is 18.2. The van der Waals surface area contributed by atoms with E-state index in [4.69, 9.17) is 22.3 Å². The number of nitrogens with two attached hydrogens (primary N) is 3. The summed E-state index contributed by atoms with van der Waals surface area (Å²) in [6.07, 6.45) is 0.213. The summed E-state index contributed by atoms with van der Waals surface area (Å²) in [6.45, 7) is 3.26. The Hall–Kier alpha value is -4.68. The number of benzene rings is 4. The lowest BCUT2D eigenvalue weighted by atomic mass is 10.1. The molecule has 45 heavy (non-hydrogen) atoms. The van der Waals surface area contributed by atoms with E-state index in [2.05, 4.69) is 42.5 Å². The number of hydrogen-bond donors (Lipinski definition) is 6. The monoisotopic (exact) mass is 739 g/mol. The van der Waals surface area contributed by atoms with Crippen LogP contribution in [0.25, 0.3) is 0 Å². The van der Waals surface area contributed by atoms with Crippen molar-refractivity contribution in [2.75, 3.05) is 30.3 Å². The van der Waals surface area contributed by atoms with Gasteiger partial charge in [-0.15, -0.1) is 0 Å². The molecule has 0 saturated carbocycles. The highest BCUT2D eigenvalue weighted by atomic mass is 79.9. The first-order valence-electron chi connectivity index (χ1n) is 13.5. The Bertz CT molecular complexity index is 1640. The minimum absolute atomic E-state index is 0.0148. The topological polar surface area (TPSA) is 191 Å². The molecule has 0 aromatic heterocycles. The molecule has 0 saturated heterocycles. The minimum atomic E-state index is -1.06. The number of carboxylic acid groups (broad SMARTS) is 1. The van der Waals surface area contributed by atoms with Crippen molar-refractivity contribution in [3.63, 3.8) is 0 Å². The third kappa shape index (κ3) is 12.1. The maximum Gasteiger partial charge on any atom is 0.322 e. The largest absolute Gasteiger partial charge is 0.480 e. The number of hydrogen-bond acceptors (Lipinski definition) is 7. The molecule has 0 fully saturated rings. The fourth-order valence-corrected chi connectivity index (χ4v) is 4.45. The van der Waals surface area contributed by atoms with Crippen LogP contribution in [0, 0.1) is 13.8 Å². The smallest absolute Gasteiger partial charge is 0.322 e. The van der Waals surface area contributed by atoms with Crippen LogP contribution in [-0.2, 0) is 16.0 Å². The standard InChI is InChI=1S/C17H17BrN2O2.C10H10BrNO3.C6H8N2/c1-11-14(6-4-7-15(11)18)17(22)20-10-13(21)9-12-5-2-3-8-16(12)19;1-6-7(3-2-4-8(6)11)10(15)12-5-9(13)14;7-5-3-1-2-4-6(5)8/h2-8H,9-10,19H2,1H3,(H,20,22);2-4H,5H2,1H3,(H,12,15)(H,13,14);1-4H,7-8H2. The molecule has 0 aliphatic rings. The number of carboxylic acids is 1. The van der Waals surface area contributed by atoms with Gasteiger partial charge in [0.05, 0.1) is 17.9 Å². The zero-order valence-corrected chi connectivity index (χ0v) is 27.9. The fourth-order valence-electron chi connectivity index (χ4n) is 3.71. The van der Waals surface area contributed by atoms with Gasteiger partial charge in [-0.05, 0) is 73.0 Å². The van der Waals surface area contributed by atoms with Crippen molar-refractivity contribution in [1.82, 2.24) is 10.6 Å². The Morgan fingerprint density at radius 1 is 0.622 bits per heavy atom. The van der Waals surface area contributed by atoms with Crippen molar-refractivity contribution in [2.45, 2.75) is 20.3 Å². The van der Waals surface area contributed by atoms with Crippen LogP contribution in [0.4, 0.5) is 17.1 Å². The highest BCUT2D eigenvalue weighted by Crippen LogP contribution is 2.20. The highest BCUT2D eigenvalue weighted by molar-refractivity contribution is 9.10. The molecular weight excluding hydrogens is 706 g/mol. The van der Waals surface area contributed by atoms with E-state index in [9.17, 15) is 19.2 Å². The van der Waals surface area contributed by atoms with E-state index in [0.29, 0.717) is 28.2 Å². The van der Waals surface area contributed by atoms with Gasteiger partial charge < -0.3 is 32.9 Å². The summed E-state index contributed by atoms with van der Waals surface area (Å²) in [5.41, 5.74) is 21.9. The number of carbonyl (C=O) groups is 4. The van der Waals surface area contributed by atoms with Crippen molar-refractivity contribution in [3.8, 4) is 0 Å². The number of carbonyl (C=O) groups excluding carboxylic acids is 3. The van der Waals surface area contributed by atoms with Crippen LogP contribution in [0.3, 0.4) is 0 Å². The predicted octanol–water partition coefficient (Wildman–Crippen LogP) is 5.30. The summed E-state index contributed by atoms with van der Waals surface area (Å²) in [5, 5.41) is 13.4. The molecule has 236 valence electrons. The lowest BCUT2D eigenvalue weighted by Gasteiger charge is -2.09. The second-order valence-corrected chi connectivity index (χ2v) is 11.3. The van der Waals surface area contributed by atoms with Crippen molar-refractivity contribution >= 4 is 72.5 Å². The molecule has 0 radical (unpaired) electrons. The molecule has 2 amide bonds. The number of halogens is 2. The van der Waals surface area contributed by atoms with Gasteiger partial charge in [0.15, 0.2) is 5.78 Å². The van der Waals surface area contributed by atoms with Crippen molar-refractivity contribution < 1.29 is 24.3 Å². The first-order chi connectivity index (χ1) is 21.3. The van der Waals surface area contributed by atoms with Crippen LogP contribution in [0.15, 0.2) is 93.9 Å². The van der Waals surface area contributed by atoms with Gasteiger partial charge in [0, 0.05) is 32.2 Å². The van der Waals surface area contributed by atoms with Crippen molar-refractivity contribution in [1.29, 1.82) is 0 Å². The van der Waals surface area contributed by atoms with Gasteiger partial charge in [0.1, 0.15) is 6.54 Å². The number of amides is 2. The van der Waals surface area contributed by atoms with E-state index in [-0.39, 0.29) is 37.1 Å². The average Bonchev–Trinajstić information content (AvgIpc) is 3.01. The van der Waals surface area contributed by atoms with Crippen LogP contribution in [-0.4, -0.2) is 41.8 Å². The lowest BCUT2D eigenvalue weighted by Crippen LogP contribution is -2.30. The van der Waals surface area contributed by atoms with Gasteiger partial charge in [0.2, 0.25) is 0 Å². The molecule has 0 atom stereocenters. The third-order valence-corrected chi connectivity index (χ3v) is 8.03. The first kappa shape index (κ1) is 36.5. The molecule has 4 aromatic carbocycles. The highest BCUT2D eigenvalue weighted by Gasteiger charge is 2.13. The van der Waals surface area contributed by atoms with E-state index in [0.717, 1.165) is 25.6 Å². The summed E-state index contributed by atoms with van der Waals surface area (Å²) in [7, 11) is 0. The van der Waals surface area contributed by atoms with Crippen LogP contribution < -0.4 is 27.8 Å². The van der Waals surface area contributed by atoms with E-state index >= 15 is 0 Å². The Labute approximate surface area is 278 Å². The Kier molecular flexibility index (Phi) is 14.8. The van der Waals surface area contributed by atoms with Gasteiger partial charge in [0.25, 0.3) is 11.8 Å². The molecule has 0 bridgehead atoms. The predicted molar refractivity (Wildman–Crippen MR) is 185 cm³/mol.